The number of esters is 1. The zero-order valence-corrected chi connectivity index (χ0v) is 15.8. The van der Waals surface area contributed by atoms with Gasteiger partial charge in [0, 0.05) is 15.8 Å². The fourth-order valence-corrected chi connectivity index (χ4v) is 4.42. The van der Waals surface area contributed by atoms with Crippen molar-refractivity contribution in [1.29, 1.82) is 0 Å². The van der Waals surface area contributed by atoms with E-state index in [1.54, 1.807) is 18.3 Å². The summed E-state index contributed by atoms with van der Waals surface area (Å²) in [5.74, 6) is -0.204. The lowest BCUT2D eigenvalue weighted by atomic mass is 10.2. The maximum absolute atomic E-state index is 12.6. The molecule has 6 nitrogen and oxygen atoms in total. The van der Waals surface area contributed by atoms with E-state index in [0.717, 1.165) is 10.4 Å². The minimum absolute atomic E-state index is 0.0651. The molecule has 4 rings (SSSR count). The highest BCUT2D eigenvalue weighted by Gasteiger charge is 2.19. The van der Waals surface area contributed by atoms with Gasteiger partial charge < -0.3 is 14.8 Å². The molecule has 27 heavy (non-hydrogen) atoms. The van der Waals surface area contributed by atoms with Crippen LogP contribution in [-0.2, 0) is 4.74 Å². The summed E-state index contributed by atoms with van der Waals surface area (Å²) in [6.07, 6.45) is -0.726. The number of phenolic OH excluding ortho intramolecular Hbond substituents is 1. The second kappa shape index (κ2) is 6.98. The predicted molar refractivity (Wildman–Crippen MR) is 105 cm³/mol. The van der Waals surface area contributed by atoms with Gasteiger partial charge in [0.05, 0.1) is 10.9 Å². The lowest BCUT2D eigenvalue weighted by Crippen LogP contribution is -2.17. The fourth-order valence-electron chi connectivity index (χ4n) is 2.65. The van der Waals surface area contributed by atoms with Crippen LogP contribution in [0.5, 0.6) is 5.75 Å². The Hall–Kier alpha value is -2.97. The number of ether oxygens (including phenoxy) is 1. The van der Waals surface area contributed by atoms with Gasteiger partial charge in [-0.2, -0.15) is 0 Å². The van der Waals surface area contributed by atoms with E-state index in [2.05, 4.69) is 9.97 Å². The second-order valence-corrected chi connectivity index (χ2v) is 7.66. The molecule has 0 radical (unpaired) electrons. The van der Waals surface area contributed by atoms with Crippen molar-refractivity contribution in [2.75, 3.05) is 0 Å². The summed E-state index contributed by atoms with van der Waals surface area (Å²) in [7, 11) is 0. The minimum atomic E-state index is -0.726. The first-order valence-corrected chi connectivity index (χ1v) is 9.84. The minimum Gasteiger partial charge on any atom is -0.508 e. The lowest BCUT2D eigenvalue weighted by molar-refractivity contribution is 0.0320. The van der Waals surface area contributed by atoms with Gasteiger partial charge in [-0.15, -0.1) is 22.7 Å². The number of aromatic amines is 1. The third-order valence-electron chi connectivity index (χ3n) is 4.02. The predicted octanol–water partition coefficient (Wildman–Crippen LogP) is 4.34. The van der Waals surface area contributed by atoms with E-state index in [9.17, 15) is 14.7 Å². The number of carbonyl (C=O) groups is 1. The number of hydrogen-bond donors (Lipinski definition) is 2. The normalized spacial score (nSPS) is 12.2. The quantitative estimate of drug-likeness (QED) is 0.499. The molecular weight excluding hydrogens is 384 g/mol. The van der Waals surface area contributed by atoms with E-state index in [4.69, 9.17) is 4.74 Å². The van der Waals surface area contributed by atoms with Crippen LogP contribution in [0.4, 0.5) is 0 Å². The standard InChI is InChI=1S/C19H14N2O4S2/c1-10(25-19(24)11-4-6-12(22)7-5-11)16-20-17(23)15-13(9-27-18(15)21-16)14-3-2-8-26-14/h2-10,22H,1H3,(H,20,21,23)/t10-/m0/s1. The summed E-state index contributed by atoms with van der Waals surface area (Å²) >= 11 is 2.94. The lowest BCUT2D eigenvalue weighted by Gasteiger charge is -2.12. The Morgan fingerprint density at radius 2 is 2.00 bits per heavy atom. The summed E-state index contributed by atoms with van der Waals surface area (Å²) in [5, 5.41) is 13.7. The molecule has 3 aromatic heterocycles. The van der Waals surface area contributed by atoms with Gasteiger partial charge in [-0.25, -0.2) is 9.78 Å². The molecule has 4 aromatic rings. The van der Waals surface area contributed by atoms with Crippen molar-refractivity contribution >= 4 is 38.9 Å². The highest BCUT2D eigenvalue weighted by atomic mass is 32.1. The van der Waals surface area contributed by atoms with Crippen LogP contribution in [0.3, 0.4) is 0 Å². The largest absolute Gasteiger partial charge is 0.508 e. The molecule has 3 heterocycles. The van der Waals surface area contributed by atoms with Crippen LogP contribution in [0.1, 0.15) is 29.2 Å². The van der Waals surface area contributed by atoms with E-state index in [1.165, 1.54) is 35.6 Å². The molecule has 0 fully saturated rings. The molecule has 1 aromatic carbocycles. The number of H-pyrrole nitrogens is 1. The summed E-state index contributed by atoms with van der Waals surface area (Å²) in [4.78, 5) is 33.7. The number of fused-ring (bicyclic) bond motifs is 1. The molecule has 0 bridgehead atoms. The van der Waals surface area contributed by atoms with Crippen LogP contribution < -0.4 is 5.56 Å². The molecule has 0 aliphatic carbocycles. The van der Waals surface area contributed by atoms with Crippen LogP contribution in [-0.4, -0.2) is 21.0 Å². The molecule has 1 atom stereocenters. The Morgan fingerprint density at radius 1 is 1.22 bits per heavy atom. The zero-order chi connectivity index (χ0) is 19.0. The molecule has 0 aliphatic rings. The van der Waals surface area contributed by atoms with Crippen LogP contribution in [0.15, 0.2) is 52.0 Å². The number of rotatable bonds is 4. The number of nitrogens with one attached hydrogen (secondary N) is 1. The monoisotopic (exact) mass is 398 g/mol. The topological polar surface area (TPSA) is 92.3 Å². The molecule has 136 valence electrons. The molecule has 8 heteroatoms. The third-order valence-corrected chi connectivity index (χ3v) is 5.80. The number of phenols is 1. The Bertz CT molecular complexity index is 1160. The van der Waals surface area contributed by atoms with Crippen LogP contribution in [0.2, 0.25) is 0 Å². The summed E-state index contributed by atoms with van der Waals surface area (Å²) in [5.41, 5.74) is 0.908. The van der Waals surface area contributed by atoms with Gasteiger partial charge in [0.1, 0.15) is 10.6 Å². The number of thiophene rings is 2. The van der Waals surface area contributed by atoms with Crippen molar-refractivity contribution in [3.63, 3.8) is 0 Å². The van der Waals surface area contributed by atoms with Gasteiger partial charge in [-0.3, -0.25) is 4.79 Å². The van der Waals surface area contributed by atoms with Crippen molar-refractivity contribution in [3.05, 3.63) is 68.9 Å². The Balaban J connectivity index is 1.63. The molecule has 0 unspecified atom stereocenters. The van der Waals surface area contributed by atoms with Gasteiger partial charge in [0.15, 0.2) is 11.9 Å². The maximum Gasteiger partial charge on any atom is 0.338 e. The smallest absolute Gasteiger partial charge is 0.338 e. The first kappa shape index (κ1) is 17.4. The molecule has 2 N–H and O–H groups in total. The van der Waals surface area contributed by atoms with E-state index in [-0.39, 0.29) is 11.3 Å². The van der Waals surface area contributed by atoms with Gasteiger partial charge in [0.2, 0.25) is 0 Å². The van der Waals surface area contributed by atoms with E-state index in [1.807, 2.05) is 22.9 Å². The SMILES string of the molecule is C[C@H](OC(=O)c1ccc(O)cc1)c1nc2scc(-c3cccs3)c2c(=O)[nH]1. The zero-order valence-electron chi connectivity index (χ0n) is 14.1. The van der Waals surface area contributed by atoms with Crippen molar-refractivity contribution in [3.8, 4) is 16.2 Å². The van der Waals surface area contributed by atoms with Crippen LogP contribution in [0.25, 0.3) is 20.7 Å². The number of benzene rings is 1. The average Bonchev–Trinajstić information content (AvgIpc) is 3.31. The molecular formula is C19H14N2O4S2. The Labute approximate surface area is 161 Å². The first-order valence-electron chi connectivity index (χ1n) is 8.08. The van der Waals surface area contributed by atoms with E-state index >= 15 is 0 Å². The Kier molecular flexibility index (Phi) is 4.51. The number of aromatic hydroxyl groups is 1. The number of carbonyl (C=O) groups excluding carboxylic acids is 1. The molecule has 0 saturated heterocycles. The molecule has 0 amide bonds. The van der Waals surface area contributed by atoms with Gasteiger partial charge in [-0.05, 0) is 42.6 Å². The van der Waals surface area contributed by atoms with Crippen molar-refractivity contribution < 1.29 is 14.6 Å². The molecule has 0 saturated carbocycles. The van der Waals surface area contributed by atoms with Gasteiger partial charge in [0.25, 0.3) is 5.56 Å². The van der Waals surface area contributed by atoms with Gasteiger partial charge >= 0.3 is 5.97 Å². The number of nitrogens with zero attached hydrogens (tertiary/aromatic N) is 1. The highest BCUT2D eigenvalue weighted by molar-refractivity contribution is 7.18. The maximum atomic E-state index is 12.6. The van der Waals surface area contributed by atoms with Crippen LogP contribution in [0, 0.1) is 0 Å². The van der Waals surface area contributed by atoms with Crippen LogP contribution >= 0.6 is 22.7 Å². The fraction of sp³-hybridized carbons (Fsp3) is 0.105. The van der Waals surface area contributed by atoms with Crippen molar-refractivity contribution in [2.24, 2.45) is 0 Å². The first-order chi connectivity index (χ1) is 13.0. The van der Waals surface area contributed by atoms with Crippen molar-refractivity contribution in [2.45, 2.75) is 13.0 Å². The van der Waals surface area contributed by atoms with E-state index in [0.29, 0.717) is 21.6 Å². The van der Waals surface area contributed by atoms with E-state index < -0.39 is 12.1 Å². The average molecular weight is 398 g/mol. The van der Waals surface area contributed by atoms with Gasteiger partial charge in [-0.1, -0.05) is 6.07 Å². The highest BCUT2D eigenvalue weighted by Crippen LogP contribution is 2.33. The third kappa shape index (κ3) is 3.36. The summed E-state index contributed by atoms with van der Waals surface area (Å²) < 4.78 is 5.40. The number of aromatic nitrogens is 2. The molecule has 0 spiro atoms. The van der Waals surface area contributed by atoms with Crippen molar-refractivity contribution in [1.82, 2.24) is 9.97 Å². The summed E-state index contributed by atoms with van der Waals surface area (Å²) in [6.45, 7) is 1.65. The second-order valence-electron chi connectivity index (χ2n) is 5.85. The Morgan fingerprint density at radius 3 is 2.70 bits per heavy atom. The molecule has 0 aliphatic heterocycles. The summed E-state index contributed by atoms with van der Waals surface area (Å²) in [6, 6.07) is 9.65. The number of hydrogen-bond acceptors (Lipinski definition) is 7.